The first kappa shape index (κ1) is 13.6. The van der Waals surface area contributed by atoms with Crippen molar-refractivity contribution in [2.24, 2.45) is 0 Å². The van der Waals surface area contributed by atoms with Crippen LogP contribution in [0.5, 0.6) is 5.88 Å². The number of halogens is 2. The molecule has 1 saturated carbocycles. The summed E-state index contributed by atoms with van der Waals surface area (Å²) < 4.78 is 5.59. The maximum atomic E-state index is 5.59. The Labute approximate surface area is 108 Å². The van der Waals surface area contributed by atoms with E-state index in [0.29, 0.717) is 5.92 Å². The second-order valence-corrected chi connectivity index (χ2v) is 4.00. The predicted molar refractivity (Wildman–Crippen MR) is 67.9 cm³/mol. The quantitative estimate of drug-likeness (QED) is 0.844. The summed E-state index contributed by atoms with van der Waals surface area (Å²) in [6.45, 7) is 2.52. The molecule has 5 heteroatoms. The minimum Gasteiger partial charge on any atom is -0.476 e. The van der Waals surface area contributed by atoms with Crippen LogP contribution in [0.25, 0.3) is 0 Å². The first-order valence-corrected chi connectivity index (χ1v) is 5.27. The monoisotopic (exact) mass is 262 g/mol. The van der Waals surface area contributed by atoms with Crippen LogP contribution >= 0.6 is 24.8 Å². The number of aromatic nitrogens is 1. The molecule has 1 aliphatic carbocycles. The molecular formula is C11H16Cl2N2O. The average Bonchev–Trinajstić information content (AvgIpc) is 3.04. The van der Waals surface area contributed by atoms with Gasteiger partial charge in [0.1, 0.15) is 6.61 Å². The van der Waals surface area contributed by atoms with Crippen molar-refractivity contribution in [2.45, 2.75) is 25.3 Å². The number of hydrogen-bond donors (Lipinski definition) is 1. The van der Waals surface area contributed by atoms with Crippen molar-refractivity contribution in [1.82, 2.24) is 10.3 Å². The molecule has 0 aromatic carbocycles. The molecule has 0 spiro atoms. The van der Waals surface area contributed by atoms with Gasteiger partial charge in [-0.15, -0.1) is 24.8 Å². The Morgan fingerprint density at radius 2 is 2.06 bits per heavy atom. The van der Waals surface area contributed by atoms with E-state index in [1.54, 1.807) is 0 Å². The summed E-state index contributed by atoms with van der Waals surface area (Å²) in [7, 11) is 0. The lowest BCUT2D eigenvalue weighted by Crippen LogP contribution is -2.16. The fraction of sp³-hybridized carbons (Fsp3) is 0.545. The van der Waals surface area contributed by atoms with E-state index < -0.39 is 0 Å². The van der Waals surface area contributed by atoms with Gasteiger partial charge in [0.05, 0.1) is 0 Å². The van der Waals surface area contributed by atoms with Gasteiger partial charge in [-0.3, -0.25) is 0 Å². The number of nitrogens with zero attached hydrogens (tertiary/aromatic N) is 1. The SMILES string of the molecule is Cl.Cl.c1cc2c(nc1C1CC1)OCCNC2. The zero-order valence-corrected chi connectivity index (χ0v) is 10.6. The maximum absolute atomic E-state index is 5.59. The molecule has 0 saturated heterocycles. The van der Waals surface area contributed by atoms with E-state index in [1.807, 2.05) is 0 Å². The van der Waals surface area contributed by atoms with Crippen LogP contribution in [0.15, 0.2) is 12.1 Å². The molecule has 0 amide bonds. The second-order valence-electron chi connectivity index (χ2n) is 4.00. The van der Waals surface area contributed by atoms with Crippen LogP contribution in [0.1, 0.15) is 30.0 Å². The fourth-order valence-electron chi connectivity index (χ4n) is 1.79. The molecule has 16 heavy (non-hydrogen) atoms. The van der Waals surface area contributed by atoms with E-state index in [-0.39, 0.29) is 24.8 Å². The highest BCUT2D eigenvalue weighted by atomic mass is 35.5. The number of rotatable bonds is 1. The number of pyridine rings is 1. The molecule has 1 aromatic heterocycles. The van der Waals surface area contributed by atoms with Gasteiger partial charge in [-0.05, 0) is 18.9 Å². The molecule has 0 unspecified atom stereocenters. The summed E-state index contributed by atoms with van der Waals surface area (Å²) in [5.41, 5.74) is 2.40. The van der Waals surface area contributed by atoms with Crippen molar-refractivity contribution >= 4 is 24.8 Å². The number of hydrogen-bond acceptors (Lipinski definition) is 3. The molecule has 2 aliphatic rings. The molecule has 0 bridgehead atoms. The Hall–Kier alpha value is -0.510. The van der Waals surface area contributed by atoms with Crippen molar-refractivity contribution in [3.8, 4) is 5.88 Å². The fourth-order valence-corrected chi connectivity index (χ4v) is 1.79. The third-order valence-electron chi connectivity index (χ3n) is 2.79. The minimum atomic E-state index is 0. The van der Waals surface area contributed by atoms with Crippen LogP contribution in [0.2, 0.25) is 0 Å². The van der Waals surface area contributed by atoms with Gasteiger partial charge in [0.25, 0.3) is 0 Å². The van der Waals surface area contributed by atoms with Crippen LogP contribution in [0, 0.1) is 0 Å². The van der Waals surface area contributed by atoms with Gasteiger partial charge in [-0.1, -0.05) is 6.07 Å². The van der Waals surface area contributed by atoms with Crippen LogP contribution < -0.4 is 10.1 Å². The average molecular weight is 263 g/mol. The van der Waals surface area contributed by atoms with Gasteiger partial charge in [-0.2, -0.15) is 0 Å². The summed E-state index contributed by atoms with van der Waals surface area (Å²) in [5, 5.41) is 3.30. The van der Waals surface area contributed by atoms with E-state index >= 15 is 0 Å². The molecular weight excluding hydrogens is 247 g/mol. The highest BCUT2D eigenvalue weighted by Crippen LogP contribution is 2.39. The van der Waals surface area contributed by atoms with E-state index in [4.69, 9.17) is 4.74 Å². The minimum absolute atomic E-state index is 0. The predicted octanol–water partition coefficient (Wildman–Crippen LogP) is 2.28. The Morgan fingerprint density at radius 3 is 2.81 bits per heavy atom. The van der Waals surface area contributed by atoms with E-state index in [0.717, 1.165) is 25.6 Å². The van der Waals surface area contributed by atoms with E-state index in [9.17, 15) is 0 Å². The number of nitrogens with one attached hydrogen (secondary N) is 1. The molecule has 0 radical (unpaired) electrons. The van der Waals surface area contributed by atoms with Gasteiger partial charge in [-0.25, -0.2) is 4.98 Å². The lowest BCUT2D eigenvalue weighted by atomic mass is 10.2. The molecule has 1 aliphatic heterocycles. The van der Waals surface area contributed by atoms with E-state index in [2.05, 4.69) is 22.4 Å². The van der Waals surface area contributed by atoms with Crippen LogP contribution in [0.3, 0.4) is 0 Å². The van der Waals surface area contributed by atoms with Gasteiger partial charge in [0.15, 0.2) is 0 Å². The summed E-state index contributed by atoms with van der Waals surface area (Å²) >= 11 is 0. The molecule has 3 rings (SSSR count). The van der Waals surface area contributed by atoms with Crippen molar-refractivity contribution in [2.75, 3.05) is 13.2 Å². The third-order valence-corrected chi connectivity index (χ3v) is 2.79. The van der Waals surface area contributed by atoms with Crippen LogP contribution in [-0.2, 0) is 6.54 Å². The highest BCUT2D eigenvalue weighted by molar-refractivity contribution is 5.85. The standard InChI is InChI=1S/C11H14N2O.2ClH/c1-2-8(1)10-4-3-9-7-12-5-6-14-11(9)13-10;;/h3-4,8,12H,1-2,5-7H2;2*1H. The normalized spacial score (nSPS) is 18.2. The molecule has 3 nitrogen and oxygen atoms in total. The largest absolute Gasteiger partial charge is 0.476 e. The molecule has 90 valence electrons. The lowest BCUT2D eigenvalue weighted by Gasteiger charge is -2.06. The van der Waals surface area contributed by atoms with Crippen LogP contribution in [0.4, 0.5) is 0 Å². The van der Waals surface area contributed by atoms with Gasteiger partial charge >= 0.3 is 0 Å². The molecule has 1 fully saturated rings. The third kappa shape index (κ3) is 2.78. The first-order valence-electron chi connectivity index (χ1n) is 5.27. The summed E-state index contributed by atoms with van der Waals surface area (Å²) in [4.78, 5) is 4.57. The van der Waals surface area contributed by atoms with Gasteiger partial charge in [0.2, 0.25) is 5.88 Å². The summed E-state index contributed by atoms with van der Waals surface area (Å²) in [6.07, 6.45) is 2.59. The Morgan fingerprint density at radius 1 is 1.25 bits per heavy atom. The zero-order chi connectivity index (χ0) is 9.38. The Balaban J connectivity index is 0.000000640. The van der Waals surface area contributed by atoms with Gasteiger partial charge < -0.3 is 10.1 Å². The Kier molecular flexibility index (Phi) is 4.84. The summed E-state index contributed by atoms with van der Waals surface area (Å²) in [5.74, 6) is 1.56. The van der Waals surface area contributed by atoms with Gasteiger partial charge in [0, 0.05) is 30.3 Å². The van der Waals surface area contributed by atoms with Crippen molar-refractivity contribution < 1.29 is 4.74 Å². The second kappa shape index (κ2) is 5.71. The van der Waals surface area contributed by atoms with Crippen molar-refractivity contribution in [1.29, 1.82) is 0 Å². The molecule has 1 N–H and O–H groups in total. The van der Waals surface area contributed by atoms with Crippen molar-refractivity contribution in [3.05, 3.63) is 23.4 Å². The Bertz CT molecular complexity index is 356. The first-order chi connectivity index (χ1) is 6.93. The lowest BCUT2D eigenvalue weighted by molar-refractivity contribution is 0.313. The molecule has 1 aromatic rings. The van der Waals surface area contributed by atoms with E-state index in [1.165, 1.54) is 24.1 Å². The summed E-state index contributed by atoms with van der Waals surface area (Å²) in [6, 6.07) is 4.29. The topological polar surface area (TPSA) is 34.1 Å². The number of fused-ring (bicyclic) bond motifs is 1. The molecule has 2 heterocycles. The molecule has 0 atom stereocenters. The van der Waals surface area contributed by atoms with Crippen LogP contribution in [-0.4, -0.2) is 18.1 Å². The highest BCUT2D eigenvalue weighted by Gasteiger charge is 2.26. The zero-order valence-electron chi connectivity index (χ0n) is 8.94. The number of ether oxygens (including phenoxy) is 1. The maximum Gasteiger partial charge on any atom is 0.218 e. The van der Waals surface area contributed by atoms with Crippen molar-refractivity contribution in [3.63, 3.8) is 0 Å². The smallest absolute Gasteiger partial charge is 0.218 e.